The third kappa shape index (κ3) is 14.5. The fourth-order valence-electron chi connectivity index (χ4n) is 4.35. The summed E-state index contributed by atoms with van der Waals surface area (Å²) in [4.78, 5) is 77.6. The fraction of sp³-hybridized carbons (Fsp3) is 0.750. The predicted molar refractivity (Wildman–Crippen MR) is 166 cm³/mol. The van der Waals surface area contributed by atoms with Crippen LogP contribution in [0.3, 0.4) is 0 Å². The van der Waals surface area contributed by atoms with Gasteiger partial charge < -0.3 is 30.2 Å². The molecule has 0 radical (unpaired) electrons. The maximum absolute atomic E-state index is 13.2. The van der Waals surface area contributed by atoms with E-state index in [0.717, 1.165) is 0 Å². The molecule has 0 aromatic carbocycles. The minimum atomic E-state index is -1.12. The largest absolute Gasteiger partial charge is 0.466 e. The minimum Gasteiger partial charge on any atom is -0.466 e. The molecular weight excluding hydrogens is 570 g/mol. The van der Waals surface area contributed by atoms with E-state index < -0.39 is 53.3 Å². The van der Waals surface area contributed by atoms with Gasteiger partial charge in [0.1, 0.15) is 11.8 Å². The van der Waals surface area contributed by atoms with E-state index in [-0.39, 0.29) is 75.1 Å². The highest BCUT2D eigenvalue weighted by Crippen LogP contribution is 2.22. The topological polar surface area (TPSA) is 171 Å². The molecule has 0 unspecified atom stereocenters. The molecule has 0 spiro atoms. The first-order valence-electron chi connectivity index (χ1n) is 15.4. The number of carbonyl (C=O) groups excluding carboxylic acids is 6. The molecule has 0 saturated heterocycles. The third-order valence-electron chi connectivity index (χ3n) is 7.14. The standard InChI is InChI=1S/C32H55N3O9/c1-11-42-26(37)17-14-22(30(40)43-12-2)19-23(36)15-16-24(31(41)44-13-3)34-28(38)21(6)18-25(20(4)5)35(10)29(39)27(33)32(7,8)9/h18,20,22,24-25,27H,11-17,19,33H2,1-10H3,(H,34,38)/b21-18+/t22-,24+,25+,27+/m0/s1. The van der Waals surface area contributed by atoms with E-state index in [1.54, 1.807) is 40.8 Å². The molecule has 0 bridgehead atoms. The summed E-state index contributed by atoms with van der Waals surface area (Å²) in [5, 5.41) is 2.65. The monoisotopic (exact) mass is 625 g/mol. The Morgan fingerprint density at radius 1 is 0.864 bits per heavy atom. The lowest BCUT2D eigenvalue weighted by atomic mass is 9.86. The van der Waals surface area contributed by atoms with E-state index in [4.69, 9.17) is 19.9 Å². The molecule has 0 fully saturated rings. The van der Waals surface area contributed by atoms with Gasteiger partial charge >= 0.3 is 17.9 Å². The molecule has 0 rings (SSSR count). The Morgan fingerprint density at radius 2 is 1.41 bits per heavy atom. The van der Waals surface area contributed by atoms with Crippen LogP contribution in [0.4, 0.5) is 0 Å². The van der Waals surface area contributed by atoms with Crippen molar-refractivity contribution in [3.8, 4) is 0 Å². The second-order valence-corrected chi connectivity index (χ2v) is 12.2. The number of ketones is 1. The quantitative estimate of drug-likeness (QED) is 0.123. The highest BCUT2D eigenvalue weighted by atomic mass is 16.5. The van der Waals surface area contributed by atoms with Crippen molar-refractivity contribution < 1.29 is 43.0 Å². The number of esters is 3. The lowest BCUT2D eigenvalue weighted by Gasteiger charge is -2.35. The number of carbonyl (C=O) groups is 6. The Morgan fingerprint density at radius 3 is 1.91 bits per heavy atom. The van der Waals surface area contributed by atoms with Gasteiger partial charge in [0.05, 0.1) is 37.8 Å². The summed E-state index contributed by atoms with van der Waals surface area (Å²) >= 11 is 0. The average Bonchev–Trinajstić information content (AvgIpc) is 2.94. The Hall–Kier alpha value is -3.28. The summed E-state index contributed by atoms with van der Waals surface area (Å²) in [6, 6.07) is -2.31. The first-order chi connectivity index (χ1) is 20.4. The SMILES string of the molecule is CCOC(=O)CC[C@@H](CC(=O)CC[C@@H](NC(=O)/C(C)=C/[C@H](C(C)C)N(C)C(=O)[C@@H](N)C(C)(C)C)C(=O)OCC)C(=O)OCC. The van der Waals surface area contributed by atoms with Crippen LogP contribution in [0.25, 0.3) is 0 Å². The van der Waals surface area contributed by atoms with Crippen LogP contribution < -0.4 is 11.1 Å². The van der Waals surface area contributed by atoms with Crippen LogP contribution in [-0.4, -0.2) is 85.4 Å². The van der Waals surface area contributed by atoms with Gasteiger partial charge in [0, 0.05) is 31.9 Å². The van der Waals surface area contributed by atoms with Gasteiger partial charge in [-0.05, 0) is 51.9 Å². The van der Waals surface area contributed by atoms with Crippen molar-refractivity contribution in [2.45, 2.75) is 113 Å². The van der Waals surface area contributed by atoms with Crippen LogP contribution in [0, 0.1) is 17.3 Å². The van der Waals surface area contributed by atoms with Gasteiger partial charge in [-0.3, -0.25) is 24.0 Å². The average molecular weight is 626 g/mol. The van der Waals surface area contributed by atoms with E-state index in [1.807, 2.05) is 34.6 Å². The van der Waals surface area contributed by atoms with Crippen LogP contribution in [0.15, 0.2) is 11.6 Å². The van der Waals surface area contributed by atoms with Gasteiger partial charge in [-0.25, -0.2) is 4.79 Å². The van der Waals surface area contributed by atoms with Gasteiger partial charge in [-0.15, -0.1) is 0 Å². The number of hydrogen-bond acceptors (Lipinski definition) is 10. The Balaban J connectivity index is 5.69. The van der Waals surface area contributed by atoms with Crippen molar-refractivity contribution in [2.24, 2.45) is 23.0 Å². The van der Waals surface area contributed by atoms with Crippen molar-refractivity contribution in [3.63, 3.8) is 0 Å². The van der Waals surface area contributed by atoms with Gasteiger partial charge in [-0.2, -0.15) is 0 Å². The molecule has 0 aliphatic carbocycles. The van der Waals surface area contributed by atoms with Gasteiger partial charge in [-0.1, -0.05) is 40.7 Å². The lowest BCUT2D eigenvalue weighted by Crippen LogP contribution is -2.52. The molecule has 0 aromatic heterocycles. The summed E-state index contributed by atoms with van der Waals surface area (Å²) in [7, 11) is 1.64. The van der Waals surface area contributed by atoms with Crippen LogP contribution in [0.2, 0.25) is 0 Å². The lowest BCUT2D eigenvalue weighted by molar-refractivity contribution is -0.151. The maximum Gasteiger partial charge on any atom is 0.328 e. The van der Waals surface area contributed by atoms with E-state index in [0.29, 0.717) is 0 Å². The second kappa shape index (κ2) is 19.9. The first-order valence-corrected chi connectivity index (χ1v) is 15.4. The zero-order chi connectivity index (χ0) is 34.2. The summed E-state index contributed by atoms with van der Waals surface area (Å²) in [6.07, 6.45) is 1.33. The molecule has 0 aliphatic heterocycles. The predicted octanol–water partition coefficient (Wildman–Crippen LogP) is 3.10. The number of likely N-dealkylation sites (N-methyl/N-ethyl adjacent to an activating group) is 1. The summed E-state index contributed by atoms with van der Waals surface area (Å²) < 4.78 is 15.1. The van der Waals surface area contributed by atoms with E-state index in [9.17, 15) is 28.8 Å². The molecule has 0 heterocycles. The Labute approximate surface area is 262 Å². The zero-order valence-corrected chi connectivity index (χ0v) is 28.3. The van der Waals surface area contributed by atoms with Crippen molar-refractivity contribution >= 4 is 35.5 Å². The minimum absolute atomic E-state index is 0.0436. The Kier molecular flexibility index (Phi) is 18.4. The van der Waals surface area contributed by atoms with E-state index in [2.05, 4.69) is 5.32 Å². The molecule has 252 valence electrons. The van der Waals surface area contributed by atoms with Crippen LogP contribution in [0.5, 0.6) is 0 Å². The number of nitrogens with one attached hydrogen (secondary N) is 1. The zero-order valence-electron chi connectivity index (χ0n) is 28.3. The highest BCUT2D eigenvalue weighted by Gasteiger charge is 2.33. The van der Waals surface area contributed by atoms with Crippen LogP contribution in [-0.2, 0) is 43.0 Å². The number of nitrogens with two attached hydrogens (primary N) is 1. The number of nitrogens with zero attached hydrogens (tertiary/aromatic N) is 1. The van der Waals surface area contributed by atoms with E-state index in [1.165, 1.54) is 4.90 Å². The summed E-state index contributed by atoms with van der Waals surface area (Å²) in [5.41, 5.74) is 6.02. The molecule has 44 heavy (non-hydrogen) atoms. The van der Waals surface area contributed by atoms with Crippen molar-refractivity contribution in [3.05, 3.63) is 11.6 Å². The summed E-state index contributed by atoms with van der Waals surface area (Å²) in [5.74, 6) is -3.80. The van der Waals surface area contributed by atoms with Crippen LogP contribution >= 0.6 is 0 Å². The fourth-order valence-corrected chi connectivity index (χ4v) is 4.35. The van der Waals surface area contributed by atoms with Gasteiger partial charge in [0.25, 0.3) is 0 Å². The molecule has 0 aromatic rings. The number of ether oxygens (including phenoxy) is 3. The molecule has 3 N–H and O–H groups in total. The normalized spacial score (nSPS) is 14.6. The second-order valence-electron chi connectivity index (χ2n) is 12.2. The summed E-state index contributed by atoms with van der Waals surface area (Å²) in [6.45, 7) is 16.4. The number of hydrogen-bond donors (Lipinski definition) is 2. The molecule has 12 nitrogen and oxygen atoms in total. The molecule has 2 amide bonds. The number of amides is 2. The van der Waals surface area contributed by atoms with Crippen LogP contribution in [0.1, 0.15) is 94.4 Å². The smallest absolute Gasteiger partial charge is 0.328 e. The van der Waals surface area contributed by atoms with Gasteiger partial charge in [0.2, 0.25) is 11.8 Å². The third-order valence-corrected chi connectivity index (χ3v) is 7.14. The Bertz CT molecular complexity index is 1020. The van der Waals surface area contributed by atoms with Crippen molar-refractivity contribution in [1.82, 2.24) is 10.2 Å². The van der Waals surface area contributed by atoms with Crippen molar-refractivity contribution in [2.75, 3.05) is 26.9 Å². The van der Waals surface area contributed by atoms with Crippen molar-refractivity contribution in [1.29, 1.82) is 0 Å². The number of rotatable bonds is 19. The molecule has 0 saturated carbocycles. The molecule has 4 atom stereocenters. The van der Waals surface area contributed by atoms with E-state index >= 15 is 0 Å². The molecule has 0 aliphatic rings. The molecule has 12 heteroatoms. The maximum atomic E-state index is 13.2. The molecular formula is C32H55N3O9. The van der Waals surface area contributed by atoms with Gasteiger partial charge in [0.15, 0.2) is 0 Å². The highest BCUT2D eigenvalue weighted by molar-refractivity contribution is 5.96. The first kappa shape index (κ1) is 40.7. The number of Topliss-reactive ketones (excluding diaryl/α,β-unsaturated/α-hetero) is 1.